The minimum Gasteiger partial charge on any atom is -0.341 e. The zero-order valence-electron chi connectivity index (χ0n) is 12.0. The predicted molar refractivity (Wildman–Crippen MR) is 87.7 cm³/mol. The summed E-state index contributed by atoms with van der Waals surface area (Å²) in [7, 11) is 1.45. The third-order valence-corrected chi connectivity index (χ3v) is 4.49. The van der Waals surface area contributed by atoms with Crippen molar-refractivity contribution in [3.05, 3.63) is 29.8 Å². The van der Waals surface area contributed by atoms with E-state index in [0.29, 0.717) is 9.47 Å². The summed E-state index contributed by atoms with van der Waals surface area (Å²) in [6, 6.07) is 7.40. The first-order valence-electron chi connectivity index (χ1n) is 6.38. The number of urea groups is 1. The molecule has 0 spiro atoms. The zero-order valence-corrected chi connectivity index (χ0v) is 13.7. The monoisotopic (exact) mass is 337 g/mol. The van der Waals surface area contributed by atoms with Gasteiger partial charge in [0, 0.05) is 12.7 Å². The van der Waals surface area contributed by atoms with E-state index in [1.165, 1.54) is 35.7 Å². The molecule has 116 valence electrons. The van der Waals surface area contributed by atoms with Crippen LogP contribution in [0.2, 0.25) is 0 Å². The van der Waals surface area contributed by atoms with Crippen molar-refractivity contribution in [3.8, 4) is 0 Å². The quantitative estimate of drug-likeness (QED) is 0.724. The lowest BCUT2D eigenvalue weighted by molar-refractivity contribution is -0.117. The van der Waals surface area contributed by atoms with E-state index < -0.39 is 6.03 Å². The molecule has 22 heavy (non-hydrogen) atoms. The number of nitrogens with one attached hydrogen (secondary N) is 3. The van der Waals surface area contributed by atoms with Crippen LogP contribution in [0, 0.1) is 6.92 Å². The fourth-order valence-corrected chi connectivity index (χ4v) is 3.00. The molecule has 9 heteroatoms. The Balaban J connectivity index is 1.85. The van der Waals surface area contributed by atoms with Crippen LogP contribution in [-0.2, 0) is 4.79 Å². The number of rotatable bonds is 5. The van der Waals surface area contributed by atoms with Crippen LogP contribution in [0.4, 0.5) is 15.6 Å². The average Bonchev–Trinajstić information content (AvgIpc) is 2.95. The third-order valence-electron chi connectivity index (χ3n) is 2.52. The fourth-order valence-electron chi connectivity index (χ4n) is 1.43. The zero-order chi connectivity index (χ0) is 15.9. The molecule has 0 unspecified atom stereocenters. The molecule has 1 aromatic heterocycles. The molecule has 0 saturated heterocycles. The van der Waals surface area contributed by atoms with Crippen LogP contribution < -0.4 is 16.0 Å². The number of imide groups is 1. The van der Waals surface area contributed by atoms with Crippen LogP contribution in [0.25, 0.3) is 0 Å². The van der Waals surface area contributed by atoms with Crippen molar-refractivity contribution < 1.29 is 9.59 Å². The van der Waals surface area contributed by atoms with Gasteiger partial charge < -0.3 is 10.6 Å². The van der Waals surface area contributed by atoms with E-state index >= 15 is 0 Å². The standard InChI is InChI=1S/C13H15N5O2S2/c1-8-3-5-9(6-4-8)15-12-17-18-13(22-12)21-7-10(19)16-11(20)14-2/h3-6H,7H2,1-2H3,(H,15,17)(H2,14,16,19,20). The minimum absolute atomic E-state index is 0.104. The number of hydrogen-bond donors (Lipinski definition) is 3. The first kappa shape index (κ1) is 16.2. The highest BCUT2D eigenvalue weighted by atomic mass is 32.2. The van der Waals surface area contributed by atoms with Gasteiger partial charge in [-0.05, 0) is 19.1 Å². The molecule has 0 aliphatic rings. The van der Waals surface area contributed by atoms with Gasteiger partial charge in [-0.1, -0.05) is 40.8 Å². The number of thioether (sulfide) groups is 1. The number of nitrogens with zero attached hydrogens (tertiary/aromatic N) is 2. The molecule has 2 rings (SSSR count). The summed E-state index contributed by atoms with van der Waals surface area (Å²) in [5.74, 6) is -0.278. The van der Waals surface area contributed by atoms with E-state index in [4.69, 9.17) is 0 Å². The molecule has 0 fully saturated rings. The SMILES string of the molecule is CNC(=O)NC(=O)CSc1nnc(Nc2ccc(C)cc2)s1. The van der Waals surface area contributed by atoms with E-state index in [1.54, 1.807) is 0 Å². The van der Waals surface area contributed by atoms with Gasteiger partial charge in [0.05, 0.1) is 5.75 Å². The molecular weight excluding hydrogens is 322 g/mol. The maximum atomic E-state index is 11.5. The summed E-state index contributed by atoms with van der Waals surface area (Å²) in [6.45, 7) is 2.02. The van der Waals surface area contributed by atoms with Gasteiger partial charge in [-0.15, -0.1) is 10.2 Å². The number of aromatic nitrogens is 2. The Morgan fingerprint density at radius 2 is 1.95 bits per heavy atom. The number of benzene rings is 1. The lowest BCUT2D eigenvalue weighted by Crippen LogP contribution is -2.38. The van der Waals surface area contributed by atoms with Crippen LogP contribution in [0.5, 0.6) is 0 Å². The van der Waals surface area contributed by atoms with Crippen LogP contribution in [0.15, 0.2) is 28.6 Å². The normalized spacial score (nSPS) is 10.1. The van der Waals surface area contributed by atoms with E-state index in [0.717, 1.165) is 5.69 Å². The van der Waals surface area contributed by atoms with Crippen LogP contribution in [0.1, 0.15) is 5.56 Å². The lowest BCUT2D eigenvalue weighted by Gasteiger charge is -2.01. The molecule has 1 heterocycles. The van der Waals surface area contributed by atoms with Crippen molar-refractivity contribution in [2.45, 2.75) is 11.3 Å². The van der Waals surface area contributed by atoms with Crippen LogP contribution in [-0.4, -0.2) is 34.9 Å². The number of anilines is 2. The Morgan fingerprint density at radius 1 is 1.23 bits per heavy atom. The summed E-state index contributed by atoms with van der Waals surface area (Å²) in [4.78, 5) is 22.4. The first-order chi connectivity index (χ1) is 10.6. The summed E-state index contributed by atoms with van der Waals surface area (Å²) in [6.07, 6.45) is 0. The maximum Gasteiger partial charge on any atom is 0.321 e. The van der Waals surface area contributed by atoms with E-state index in [-0.39, 0.29) is 11.7 Å². The topological polar surface area (TPSA) is 96.0 Å². The van der Waals surface area contributed by atoms with Gasteiger partial charge in [-0.2, -0.15) is 0 Å². The predicted octanol–water partition coefficient (Wildman–Crippen LogP) is 2.14. The Bertz CT molecular complexity index is 657. The Labute approximate surface area is 135 Å². The lowest BCUT2D eigenvalue weighted by atomic mass is 10.2. The highest BCUT2D eigenvalue weighted by Gasteiger charge is 2.10. The van der Waals surface area contributed by atoms with E-state index in [9.17, 15) is 9.59 Å². The molecule has 3 N–H and O–H groups in total. The summed E-state index contributed by atoms with van der Waals surface area (Å²) in [5, 5.41) is 16.3. The molecule has 2 aromatic rings. The van der Waals surface area contributed by atoms with Crippen molar-refractivity contribution in [3.63, 3.8) is 0 Å². The maximum absolute atomic E-state index is 11.5. The molecular formula is C13H15N5O2S2. The van der Waals surface area contributed by atoms with Crippen molar-refractivity contribution >= 4 is 45.9 Å². The second-order valence-electron chi connectivity index (χ2n) is 4.28. The van der Waals surface area contributed by atoms with Crippen molar-refractivity contribution in [1.82, 2.24) is 20.8 Å². The van der Waals surface area contributed by atoms with Crippen molar-refractivity contribution in [1.29, 1.82) is 0 Å². The molecule has 0 bridgehead atoms. The van der Waals surface area contributed by atoms with Crippen molar-refractivity contribution in [2.75, 3.05) is 18.1 Å². The largest absolute Gasteiger partial charge is 0.341 e. The number of carbonyl (C=O) groups is 2. The molecule has 7 nitrogen and oxygen atoms in total. The molecule has 0 atom stereocenters. The Morgan fingerprint density at radius 3 is 2.64 bits per heavy atom. The molecule has 0 radical (unpaired) electrons. The second kappa shape index (κ2) is 7.76. The molecule has 0 aliphatic heterocycles. The molecule has 0 aliphatic carbocycles. The fraction of sp³-hybridized carbons (Fsp3) is 0.231. The highest BCUT2D eigenvalue weighted by molar-refractivity contribution is 8.01. The summed E-state index contributed by atoms with van der Waals surface area (Å²) < 4.78 is 0.654. The van der Waals surface area contributed by atoms with Gasteiger partial charge in [0.15, 0.2) is 4.34 Å². The average molecular weight is 337 g/mol. The highest BCUT2D eigenvalue weighted by Crippen LogP contribution is 2.27. The Hall–Kier alpha value is -2.13. The minimum atomic E-state index is -0.524. The number of hydrogen-bond acceptors (Lipinski definition) is 7. The van der Waals surface area contributed by atoms with E-state index in [2.05, 4.69) is 26.1 Å². The Kier molecular flexibility index (Phi) is 5.73. The van der Waals surface area contributed by atoms with Gasteiger partial charge >= 0.3 is 6.03 Å². The molecule has 3 amide bonds. The third kappa shape index (κ3) is 5.01. The van der Waals surface area contributed by atoms with Gasteiger partial charge in [0.2, 0.25) is 11.0 Å². The number of amides is 3. The van der Waals surface area contributed by atoms with Gasteiger partial charge in [0.1, 0.15) is 0 Å². The van der Waals surface area contributed by atoms with E-state index in [1.807, 2.05) is 31.2 Å². The number of aryl methyl sites for hydroxylation is 1. The smallest absolute Gasteiger partial charge is 0.321 e. The van der Waals surface area contributed by atoms with Crippen LogP contribution in [0.3, 0.4) is 0 Å². The summed E-state index contributed by atoms with van der Waals surface area (Å²) in [5.41, 5.74) is 2.11. The summed E-state index contributed by atoms with van der Waals surface area (Å²) >= 11 is 2.58. The second-order valence-corrected chi connectivity index (χ2v) is 6.48. The molecule has 1 aromatic carbocycles. The van der Waals surface area contributed by atoms with Crippen molar-refractivity contribution in [2.24, 2.45) is 0 Å². The van der Waals surface area contributed by atoms with Crippen LogP contribution >= 0.6 is 23.1 Å². The van der Waals surface area contributed by atoms with Gasteiger partial charge in [0.25, 0.3) is 0 Å². The van der Waals surface area contributed by atoms with Gasteiger partial charge in [-0.3, -0.25) is 10.1 Å². The first-order valence-corrected chi connectivity index (χ1v) is 8.18. The molecule has 0 saturated carbocycles. The van der Waals surface area contributed by atoms with Gasteiger partial charge in [-0.25, -0.2) is 4.79 Å². The number of carbonyl (C=O) groups excluding carboxylic acids is 2.